The number of carboxylic acid groups (broad SMARTS) is 1. The van der Waals surface area contributed by atoms with Crippen molar-refractivity contribution < 1.29 is 14.7 Å². The summed E-state index contributed by atoms with van der Waals surface area (Å²) in [5.41, 5.74) is 0. The predicted octanol–water partition coefficient (Wildman–Crippen LogP) is 1.68. The zero-order valence-corrected chi connectivity index (χ0v) is 13.3. The first kappa shape index (κ1) is 16.3. The minimum Gasteiger partial charge on any atom is -0.481 e. The molecule has 0 spiro atoms. The van der Waals surface area contributed by atoms with Crippen molar-refractivity contribution in [1.29, 1.82) is 0 Å². The lowest BCUT2D eigenvalue weighted by atomic mass is 9.94. The number of piperazine rings is 1. The van der Waals surface area contributed by atoms with E-state index in [1.807, 2.05) is 4.90 Å². The lowest BCUT2D eigenvalue weighted by Gasteiger charge is -2.36. The Kier molecular flexibility index (Phi) is 5.62. The first-order chi connectivity index (χ1) is 10.1. The van der Waals surface area contributed by atoms with Crippen molar-refractivity contribution in [3.63, 3.8) is 0 Å². The molecule has 1 saturated carbocycles. The molecular weight excluding hydrogens is 268 g/mol. The standard InChI is InChI=1S/C16H28N2O3/c1-3-5-17-6-8-18(9-7-17)15(19)13-10-12(4-2)11-14(13)16(20)21/h12-14H,3-11H2,1-2H3,(H,20,21). The van der Waals surface area contributed by atoms with Crippen LogP contribution in [0.25, 0.3) is 0 Å². The van der Waals surface area contributed by atoms with E-state index in [4.69, 9.17) is 0 Å². The zero-order valence-electron chi connectivity index (χ0n) is 13.3. The smallest absolute Gasteiger partial charge is 0.307 e. The number of hydrogen-bond acceptors (Lipinski definition) is 3. The summed E-state index contributed by atoms with van der Waals surface area (Å²) in [6.07, 6.45) is 3.52. The molecule has 1 heterocycles. The number of amides is 1. The molecule has 0 radical (unpaired) electrons. The maximum atomic E-state index is 12.7. The Bertz CT molecular complexity index is 378. The van der Waals surface area contributed by atoms with Crippen LogP contribution in [0.3, 0.4) is 0 Å². The SMILES string of the molecule is CCCN1CCN(C(=O)C2CC(CC)CC2C(=O)O)CC1. The quantitative estimate of drug-likeness (QED) is 0.838. The van der Waals surface area contributed by atoms with Crippen molar-refractivity contribution in [3.8, 4) is 0 Å². The molecule has 1 aliphatic heterocycles. The molecule has 21 heavy (non-hydrogen) atoms. The largest absolute Gasteiger partial charge is 0.481 e. The fourth-order valence-electron chi connectivity index (χ4n) is 3.76. The van der Waals surface area contributed by atoms with E-state index in [0.717, 1.165) is 52.0 Å². The van der Waals surface area contributed by atoms with Crippen LogP contribution < -0.4 is 0 Å². The van der Waals surface area contributed by atoms with Gasteiger partial charge in [-0.25, -0.2) is 0 Å². The molecule has 2 aliphatic rings. The summed E-state index contributed by atoms with van der Waals surface area (Å²) in [5.74, 6) is -1.11. The highest BCUT2D eigenvalue weighted by Crippen LogP contribution is 2.39. The van der Waals surface area contributed by atoms with E-state index in [1.54, 1.807) is 0 Å². The zero-order chi connectivity index (χ0) is 15.4. The first-order valence-electron chi connectivity index (χ1n) is 8.30. The second kappa shape index (κ2) is 7.25. The van der Waals surface area contributed by atoms with E-state index in [1.165, 1.54) is 0 Å². The summed E-state index contributed by atoms with van der Waals surface area (Å²) in [6, 6.07) is 0. The van der Waals surface area contributed by atoms with E-state index >= 15 is 0 Å². The van der Waals surface area contributed by atoms with E-state index in [2.05, 4.69) is 18.7 Å². The van der Waals surface area contributed by atoms with Gasteiger partial charge in [-0.2, -0.15) is 0 Å². The Hall–Kier alpha value is -1.10. The van der Waals surface area contributed by atoms with Gasteiger partial charge in [0.25, 0.3) is 0 Å². The van der Waals surface area contributed by atoms with Gasteiger partial charge in [0.15, 0.2) is 0 Å². The van der Waals surface area contributed by atoms with Crippen LogP contribution >= 0.6 is 0 Å². The number of aliphatic carboxylic acids is 1. The van der Waals surface area contributed by atoms with Crippen molar-refractivity contribution in [3.05, 3.63) is 0 Å². The van der Waals surface area contributed by atoms with Gasteiger partial charge < -0.3 is 10.0 Å². The maximum absolute atomic E-state index is 12.7. The number of hydrogen-bond donors (Lipinski definition) is 1. The summed E-state index contributed by atoms with van der Waals surface area (Å²) in [6.45, 7) is 8.67. The Morgan fingerprint density at radius 3 is 2.19 bits per heavy atom. The van der Waals surface area contributed by atoms with Crippen molar-refractivity contribution in [1.82, 2.24) is 9.80 Å². The summed E-state index contributed by atoms with van der Waals surface area (Å²) in [7, 11) is 0. The molecule has 5 nitrogen and oxygen atoms in total. The van der Waals surface area contributed by atoms with E-state index in [9.17, 15) is 14.7 Å². The normalized spacial score (nSPS) is 30.6. The van der Waals surface area contributed by atoms with Gasteiger partial charge in [-0.15, -0.1) is 0 Å². The van der Waals surface area contributed by atoms with Gasteiger partial charge in [-0.1, -0.05) is 20.3 Å². The third kappa shape index (κ3) is 3.76. The van der Waals surface area contributed by atoms with Crippen LogP contribution in [0.4, 0.5) is 0 Å². The van der Waals surface area contributed by atoms with Gasteiger partial charge in [0.05, 0.1) is 11.8 Å². The fourth-order valence-corrected chi connectivity index (χ4v) is 3.76. The Labute approximate surface area is 127 Å². The molecule has 5 heteroatoms. The molecule has 2 fully saturated rings. The summed E-state index contributed by atoms with van der Waals surface area (Å²) >= 11 is 0. The minimum absolute atomic E-state index is 0.0782. The molecule has 1 aliphatic carbocycles. The molecule has 0 bridgehead atoms. The second-order valence-electron chi connectivity index (χ2n) is 6.46. The highest BCUT2D eigenvalue weighted by Gasteiger charge is 2.43. The fraction of sp³-hybridized carbons (Fsp3) is 0.875. The van der Waals surface area contributed by atoms with Crippen molar-refractivity contribution in [2.24, 2.45) is 17.8 Å². The molecule has 0 aromatic carbocycles. The Balaban J connectivity index is 1.94. The van der Waals surface area contributed by atoms with Gasteiger partial charge in [0.1, 0.15) is 0 Å². The molecule has 3 unspecified atom stereocenters. The van der Waals surface area contributed by atoms with E-state index < -0.39 is 11.9 Å². The summed E-state index contributed by atoms with van der Waals surface area (Å²) in [4.78, 5) is 28.4. The van der Waals surface area contributed by atoms with E-state index in [-0.39, 0.29) is 11.8 Å². The first-order valence-corrected chi connectivity index (χ1v) is 8.30. The van der Waals surface area contributed by atoms with Crippen LogP contribution in [0.1, 0.15) is 39.5 Å². The van der Waals surface area contributed by atoms with Gasteiger partial charge in [0, 0.05) is 26.2 Å². The third-order valence-corrected chi connectivity index (χ3v) is 5.10. The molecule has 120 valence electrons. The number of carbonyl (C=O) groups excluding carboxylic acids is 1. The van der Waals surface area contributed by atoms with Crippen LogP contribution in [-0.2, 0) is 9.59 Å². The van der Waals surface area contributed by atoms with Crippen molar-refractivity contribution in [2.75, 3.05) is 32.7 Å². The molecule has 1 saturated heterocycles. The monoisotopic (exact) mass is 296 g/mol. The minimum atomic E-state index is -0.797. The van der Waals surface area contributed by atoms with Crippen molar-refractivity contribution >= 4 is 11.9 Å². The molecule has 3 atom stereocenters. The van der Waals surface area contributed by atoms with Gasteiger partial charge >= 0.3 is 5.97 Å². The second-order valence-corrected chi connectivity index (χ2v) is 6.46. The van der Waals surface area contributed by atoms with Gasteiger partial charge in [-0.3, -0.25) is 14.5 Å². The average molecular weight is 296 g/mol. The topological polar surface area (TPSA) is 60.9 Å². The third-order valence-electron chi connectivity index (χ3n) is 5.10. The lowest BCUT2D eigenvalue weighted by molar-refractivity contribution is -0.149. The highest BCUT2D eigenvalue weighted by atomic mass is 16.4. The van der Waals surface area contributed by atoms with Crippen LogP contribution in [0, 0.1) is 17.8 Å². The van der Waals surface area contributed by atoms with E-state index in [0.29, 0.717) is 12.3 Å². The van der Waals surface area contributed by atoms with Crippen molar-refractivity contribution in [2.45, 2.75) is 39.5 Å². The molecule has 0 aromatic rings. The number of carboxylic acids is 1. The van der Waals surface area contributed by atoms with Crippen LogP contribution in [0.15, 0.2) is 0 Å². The number of carbonyl (C=O) groups is 2. The molecule has 2 rings (SSSR count). The molecule has 0 aromatic heterocycles. The molecular formula is C16H28N2O3. The Morgan fingerprint density at radius 2 is 1.67 bits per heavy atom. The predicted molar refractivity (Wildman–Crippen MR) is 80.9 cm³/mol. The lowest BCUT2D eigenvalue weighted by Crippen LogP contribution is -2.51. The van der Waals surface area contributed by atoms with Crippen LogP contribution in [-0.4, -0.2) is 59.5 Å². The molecule has 1 amide bonds. The summed E-state index contributed by atoms with van der Waals surface area (Å²) in [5, 5.41) is 9.38. The van der Waals surface area contributed by atoms with Crippen LogP contribution in [0.5, 0.6) is 0 Å². The van der Waals surface area contributed by atoms with Gasteiger partial charge in [-0.05, 0) is 31.7 Å². The summed E-state index contributed by atoms with van der Waals surface area (Å²) < 4.78 is 0. The Morgan fingerprint density at radius 1 is 1.05 bits per heavy atom. The average Bonchev–Trinajstić information content (AvgIpc) is 2.92. The highest BCUT2D eigenvalue weighted by molar-refractivity contribution is 5.85. The maximum Gasteiger partial charge on any atom is 0.307 e. The molecule has 1 N–H and O–H groups in total. The number of rotatable bonds is 5. The number of nitrogens with zero attached hydrogens (tertiary/aromatic N) is 2. The van der Waals surface area contributed by atoms with Gasteiger partial charge in [0.2, 0.25) is 5.91 Å². The van der Waals surface area contributed by atoms with Crippen LogP contribution in [0.2, 0.25) is 0 Å².